The van der Waals surface area contributed by atoms with Crippen molar-refractivity contribution in [2.24, 2.45) is 0 Å². The summed E-state index contributed by atoms with van der Waals surface area (Å²) < 4.78 is 13.1. The third-order valence-corrected chi connectivity index (χ3v) is 5.67. The predicted molar refractivity (Wildman–Crippen MR) is 120 cm³/mol. The Labute approximate surface area is 176 Å². The highest BCUT2D eigenvalue weighted by molar-refractivity contribution is 5.95. The minimum atomic E-state index is -0.221. The van der Waals surface area contributed by atoms with Crippen molar-refractivity contribution in [3.8, 4) is 0 Å². The molecule has 1 saturated heterocycles. The van der Waals surface area contributed by atoms with Gasteiger partial charge in [0.1, 0.15) is 5.82 Å². The third-order valence-electron chi connectivity index (χ3n) is 5.67. The Morgan fingerprint density at radius 2 is 1.80 bits per heavy atom. The van der Waals surface area contributed by atoms with Gasteiger partial charge in [0.15, 0.2) is 0 Å². The van der Waals surface area contributed by atoms with Gasteiger partial charge in [-0.3, -0.25) is 9.69 Å². The number of carbonyl (C=O) groups is 1. The smallest absolute Gasteiger partial charge is 0.246 e. The van der Waals surface area contributed by atoms with Crippen LogP contribution in [-0.4, -0.2) is 41.4 Å². The van der Waals surface area contributed by atoms with Crippen LogP contribution in [0.4, 0.5) is 10.1 Å². The molecule has 1 heterocycles. The highest BCUT2D eigenvalue weighted by Crippen LogP contribution is 2.23. The Morgan fingerprint density at radius 3 is 2.50 bits per heavy atom. The summed E-state index contributed by atoms with van der Waals surface area (Å²) in [5.41, 5.74) is 8.77. The summed E-state index contributed by atoms with van der Waals surface area (Å²) in [7, 11) is 0. The second kappa shape index (κ2) is 8.67. The highest BCUT2D eigenvalue weighted by Gasteiger charge is 2.26. The topological polar surface area (TPSA) is 49.6 Å². The molecule has 1 atom stereocenters. The van der Waals surface area contributed by atoms with Crippen molar-refractivity contribution in [1.29, 1.82) is 0 Å². The highest BCUT2D eigenvalue weighted by atomic mass is 19.1. The second-order valence-electron chi connectivity index (χ2n) is 7.90. The van der Waals surface area contributed by atoms with E-state index in [1.807, 2.05) is 59.5 Å². The van der Waals surface area contributed by atoms with Crippen LogP contribution in [0.3, 0.4) is 0 Å². The van der Waals surface area contributed by atoms with Crippen LogP contribution in [0.2, 0.25) is 0 Å². The average molecular weight is 404 g/mol. The first-order chi connectivity index (χ1) is 14.5. The molecule has 0 saturated carbocycles. The van der Waals surface area contributed by atoms with Gasteiger partial charge in [-0.2, -0.15) is 0 Å². The van der Waals surface area contributed by atoms with E-state index >= 15 is 0 Å². The largest absolute Gasteiger partial charge is 0.398 e. The van der Waals surface area contributed by atoms with Crippen molar-refractivity contribution in [2.75, 3.05) is 25.4 Å². The van der Waals surface area contributed by atoms with Crippen molar-refractivity contribution in [2.45, 2.75) is 19.5 Å². The van der Waals surface area contributed by atoms with Crippen LogP contribution in [0.25, 0.3) is 16.8 Å². The number of piperazine rings is 1. The molecular weight excluding hydrogens is 377 g/mol. The molecule has 0 aliphatic carbocycles. The predicted octanol–water partition coefficient (Wildman–Crippen LogP) is 4.31. The van der Waals surface area contributed by atoms with E-state index in [2.05, 4.69) is 11.8 Å². The van der Waals surface area contributed by atoms with E-state index in [-0.39, 0.29) is 17.8 Å². The van der Waals surface area contributed by atoms with E-state index in [1.165, 1.54) is 12.1 Å². The molecule has 4 rings (SSSR count). The molecule has 0 unspecified atom stereocenters. The Kier molecular flexibility index (Phi) is 5.81. The van der Waals surface area contributed by atoms with Gasteiger partial charge in [0.25, 0.3) is 0 Å². The molecule has 4 nitrogen and oxygen atoms in total. The van der Waals surface area contributed by atoms with Gasteiger partial charge in [0, 0.05) is 44.0 Å². The van der Waals surface area contributed by atoms with E-state index in [9.17, 15) is 9.18 Å². The standard InChI is InChI=1S/C25H26FN3O/c1-18-16-28(17-19-6-9-23(26)10-7-19)12-13-29(18)25(30)11-8-22-14-20-4-2-3-5-21(20)15-24(22)27/h2-11,14-15,18H,12-13,16-17,27H2,1H3/t18-/m1/s1. The first-order valence-electron chi connectivity index (χ1n) is 10.2. The van der Waals surface area contributed by atoms with Crippen molar-refractivity contribution in [3.05, 3.63) is 83.7 Å². The number of amides is 1. The summed E-state index contributed by atoms with van der Waals surface area (Å²) in [6.07, 6.45) is 3.42. The number of benzene rings is 3. The van der Waals surface area contributed by atoms with Crippen molar-refractivity contribution >= 4 is 28.4 Å². The lowest BCUT2D eigenvalue weighted by Gasteiger charge is -2.39. The Morgan fingerprint density at radius 1 is 1.10 bits per heavy atom. The van der Waals surface area contributed by atoms with Crippen molar-refractivity contribution in [3.63, 3.8) is 0 Å². The van der Waals surface area contributed by atoms with Gasteiger partial charge in [-0.25, -0.2) is 4.39 Å². The molecule has 3 aromatic rings. The number of anilines is 1. The molecule has 30 heavy (non-hydrogen) atoms. The molecule has 1 aliphatic rings. The van der Waals surface area contributed by atoms with Gasteiger partial charge < -0.3 is 10.6 Å². The van der Waals surface area contributed by atoms with Gasteiger partial charge in [0.05, 0.1) is 0 Å². The van der Waals surface area contributed by atoms with Gasteiger partial charge in [-0.05, 0) is 59.2 Å². The number of fused-ring (bicyclic) bond motifs is 1. The van der Waals surface area contributed by atoms with E-state index in [0.717, 1.165) is 41.5 Å². The van der Waals surface area contributed by atoms with Crippen molar-refractivity contribution < 1.29 is 9.18 Å². The Balaban J connectivity index is 1.39. The maximum atomic E-state index is 13.1. The SMILES string of the molecule is C[C@@H]1CN(Cc2ccc(F)cc2)CCN1C(=O)C=Cc1cc2ccccc2cc1N. The number of rotatable bonds is 4. The van der Waals surface area contributed by atoms with Crippen molar-refractivity contribution in [1.82, 2.24) is 9.80 Å². The number of nitrogens with zero attached hydrogens (tertiary/aromatic N) is 2. The summed E-state index contributed by atoms with van der Waals surface area (Å²) >= 11 is 0. The van der Waals surface area contributed by atoms with Gasteiger partial charge in [-0.15, -0.1) is 0 Å². The molecule has 1 fully saturated rings. The fourth-order valence-corrected chi connectivity index (χ4v) is 4.03. The minimum absolute atomic E-state index is 0.00325. The van der Waals surface area contributed by atoms with Gasteiger partial charge in [-0.1, -0.05) is 36.4 Å². The molecule has 3 aromatic carbocycles. The van der Waals surface area contributed by atoms with Crippen LogP contribution in [0.15, 0.2) is 66.7 Å². The number of nitrogen functional groups attached to an aromatic ring is 1. The maximum absolute atomic E-state index is 13.1. The van der Waals surface area contributed by atoms with E-state index in [4.69, 9.17) is 5.73 Å². The second-order valence-corrected chi connectivity index (χ2v) is 7.90. The maximum Gasteiger partial charge on any atom is 0.246 e. The fraction of sp³-hybridized carbons (Fsp3) is 0.240. The van der Waals surface area contributed by atoms with Crippen LogP contribution in [0.5, 0.6) is 0 Å². The number of carbonyl (C=O) groups excluding carboxylic acids is 1. The Hall–Kier alpha value is -3.18. The number of halogens is 1. The normalized spacial score (nSPS) is 17.7. The Bertz CT molecular complexity index is 1080. The lowest BCUT2D eigenvalue weighted by molar-refractivity contribution is -0.130. The number of hydrogen-bond acceptors (Lipinski definition) is 3. The quantitative estimate of drug-likeness (QED) is 0.522. The summed E-state index contributed by atoms with van der Waals surface area (Å²) in [6.45, 7) is 5.07. The average Bonchev–Trinajstić information content (AvgIpc) is 2.74. The van der Waals surface area contributed by atoms with Crippen LogP contribution in [0.1, 0.15) is 18.1 Å². The third kappa shape index (κ3) is 4.52. The monoisotopic (exact) mass is 403 g/mol. The summed E-state index contributed by atoms with van der Waals surface area (Å²) in [4.78, 5) is 17.0. The summed E-state index contributed by atoms with van der Waals surface area (Å²) in [5, 5.41) is 2.19. The molecule has 2 N–H and O–H groups in total. The molecule has 154 valence electrons. The first kappa shape index (κ1) is 20.1. The molecule has 0 aromatic heterocycles. The van der Waals surface area contributed by atoms with E-state index in [0.29, 0.717) is 12.2 Å². The van der Waals surface area contributed by atoms with Gasteiger partial charge in [0.2, 0.25) is 5.91 Å². The van der Waals surface area contributed by atoms with Crippen LogP contribution < -0.4 is 5.73 Å². The summed E-state index contributed by atoms with van der Waals surface area (Å²) in [6, 6.07) is 18.7. The lowest BCUT2D eigenvalue weighted by atomic mass is 10.0. The summed E-state index contributed by atoms with van der Waals surface area (Å²) in [5.74, 6) is -0.224. The van der Waals surface area contributed by atoms with Gasteiger partial charge >= 0.3 is 0 Å². The first-order valence-corrected chi connectivity index (χ1v) is 10.2. The zero-order valence-corrected chi connectivity index (χ0v) is 17.1. The fourth-order valence-electron chi connectivity index (χ4n) is 4.03. The molecular formula is C25H26FN3O. The molecule has 5 heteroatoms. The molecule has 0 radical (unpaired) electrons. The van der Waals surface area contributed by atoms with E-state index < -0.39 is 0 Å². The van der Waals surface area contributed by atoms with Crippen LogP contribution in [0, 0.1) is 5.82 Å². The molecule has 1 aliphatic heterocycles. The van der Waals surface area contributed by atoms with Crippen LogP contribution >= 0.6 is 0 Å². The molecule has 1 amide bonds. The van der Waals surface area contributed by atoms with Crippen LogP contribution in [-0.2, 0) is 11.3 Å². The minimum Gasteiger partial charge on any atom is -0.398 e. The number of hydrogen-bond donors (Lipinski definition) is 1. The number of nitrogens with two attached hydrogens (primary N) is 1. The molecule has 0 spiro atoms. The lowest BCUT2D eigenvalue weighted by Crippen LogP contribution is -2.53. The molecule has 0 bridgehead atoms. The zero-order valence-electron chi connectivity index (χ0n) is 17.1. The zero-order chi connectivity index (χ0) is 21.1. The van der Waals surface area contributed by atoms with E-state index in [1.54, 1.807) is 6.08 Å².